The number of nitrogens with one attached hydrogen (secondary N) is 1. The maximum absolute atomic E-state index is 12.4. The zero-order valence-corrected chi connectivity index (χ0v) is 12.9. The molecule has 0 bridgehead atoms. The van der Waals surface area contributed by atoms with Gasteiger partial charge in [0.25, 0.3) is 5.56 Å². The molecule has 0 spiro atoms. The molecule has 106 valence electrons. The zero-order chi connectivity index (χ0) is 13.9. The van der Waals surface area contributed by atoms with Gasteiger partial charge in [0.15, 0.2) is 0 Å². The number of halogens is 1. The zero-order valence-electron chi connectivity index (χ0n) is 11.3. The van der Waals surface area contributed by atoms with Crippen molar-refractivity contribution in [3.8, 4) is 0 Å². The smallest absolute Gasteiger partial charge is 0.261 e. The molecule has 0 amide bonds. The summed E-state index contributed by atoms with van der Waals surface area (Å²) in [4.78, 5) is 16.8. The molecule has 1 atom stereocenters. The summed E-state index contributed by atoms with van der Waals surface area (Å²) in [6.45, 7) is 2.95. The summed E-state index contributed by atoms with van der Waals surface area (Å²) in [5.41, 5.74) is 0.814. The third-order valence-corrected chi connectivity index (χ3v) is 4.46. The number of hydrogen-bond donors (Lipinski definition) is 1. The van der Waals surface area contributed by atoms with Gasteiger partial charge in [-0.05, 0) is 56.5 Å². The molecule has 0 aliphatic carbocycles. The van der Waals surface area contributed by atoms with Gasteiger partial charge in [0, 0.05) is 11.0 Å². The largest absolute Gasteiger partial charge is 0.316 e. The van der Waals surface area contributed by atoms with Crippen molar-refractivity contribution in [2.45, 2.75) is 25.8 Å². The first kappa shape index (κ1) is 13.8. The van der Waals surface area contributed by atoms with Crippen LogP contribution in [0.2, 0.25) is 0 Å². The van der Waals surface area contributed by atoms with Gasteiger partial charge in [-0.25, -0.2) is 4.98 Å². The standard InChI is InChI=1S/C15H18BrN3O/c16-12-3-4-14-13(8-12)15(20)19(10-18-14)7-5-11-2-1-6-17-9-11/h3-4,8,10-11,17H,1-2,5-7,9H2. The molecule has 4 nitrogen and oxygen atoms in total. The molecule has 1 aromatic heterocycles. The molecule has 1 fully saturated rings. The maximum atomic E-state index is 12.4. The highest BCUT2D eigenvalue weighted by Gasteiger charge is 2.13. The number of nitrogens with zero attached hydrogens (tertiary/aromatic N) is 2. The number of piperidine rings is 1. The van der Waals surface area contributed by atoms with Gasteiger partial charge in [-0.1, -0.05) is 15.9 Å². The minimum Gasteiger partial charge on any atom is -0.316 e. The van der Waals surface area contributed by atoms with Gasteiger partial charge < -0.3 is 5.32 Å². The Bertz CT molecular complexity index is 662. The van der Waals surface area contributed by atoms with Crippen molar-refractivity contribution in [1.29, 1.82) is 0 Å². The Balaban J connectivity index is 1.81. The molecule has 1 aliphatic heterocycles. The van der Waals surface area contributed by atoms with Gasteiger partial charge >= 0.3 is 0 Å². The van der Waals surface area contributed by atoms with Crippen LogP contribution >= 0.6 is 15.9 Å². The molecule has 20 heavy (non-hydrogen) atoms. The SMILES string of the molecule is O=c1c2cc(Br)ccc2ncn1CCC1CCCNC1. The monoisotopic (exact) mass is 335 g/mol. The molecule has 1 unspecified atom stereocenters. The van der Waals surface area contributed by atoms with E-state index in [0.717, 1.165) is 36.0 Å². The number of aryl methyl sites for hydroxylation is 1. The van der Waals surface area contributed by atoms with Crippen molar-refractivity contribution >= 4 is 26.8 Å². The summed E-state index contributed by atoms with van der Waals surface area (Å²) < 4.78 is 2.65. The highest BCUT2D eigenvalue weighted by atomic mass is 79.9. The topological polar surface area (TPSA) is 46.9 Å². The third kappa shape index (κ3) is 2.94. The average molecular weight is 336 g/mol. The van der Waals surface area contributed by atoms with Crippen molar-refractivity contribution in [3.05, 3.63) is 39.4 Å². The lowest BCUT2D eigenvalue weighted by Gasteiger charge is -2.22. The number of aromatic nitrogens is 2. The van der Waals surface area contributed by atoms with Gasteiger partial charge in [0.1, 0.15) is 0 Å². The lowest BCUT2D eigenvalue weighted by atomic mass is 9.96. The minimum atomic E-state index is 0.0556. The summed E-state index contributed by atoms with van der Waals surface area (Å²) in [5.74, 6) is 0.675. The molecule has 1 aromatic carbocycles. The van der Waals surface area contributed by atoms with E-state index in [2.05, 4.69) is 26.2 Å². The lowest BCUT2D eigenvalue weighted by Crippen LogP contribution is -2.31. The van der Waals surface area contributed by atoms with Crippen LogP contribution in [-0.2, 0) is 6.54 Å². The first-order valence-corrected chi connectivity index (χ1v) is 7.89. The van der Waals surface area contributed by atoms with E-state index in [1.807, 2.05) is 18.2 Å². The van der Waals surface area contributed by atoms with E-state index in [0.29, 0.717) is 11.3 Å². The Hall–Kier alpha value is -1.20. The van der Waals surface area contributed by atoms with E-state index in [1.54, 1.807) is 10.9 Å². The van der Waals surface area contributed by atoms with Gasteiger partial charge in [-0.3, -0.25) is 9.36 Å². The van der Waals surface area contributed by atoms with Crippen LogP contribution in [0.15, 0.2) is 33.8 Å². The van der Waals surface area contributed by atoms with Crippen LogP contribution < -0.4 is 10.9 Å². The van der Waals surface area contributed by atoms with Crippen molar-refractivity contribution in [2.75, 3.05) is 13.1 Å². The number of fused-ring (bicyclic) bond motifs is 1. The van der Waals surface area contributed by atoms with Gasteiger partial charge in [0.2, 0.25) is 0 Å². The van der Waals surface area contributed by atoms with Crippen LogP contribution in [0.5, 0.6) is 0 Å². The Morgan fingerprint density at radius 1 is 1.45 bits per heavy atom. The molecule has 2 heterocycles. The fourth-order valence-corrected chi connectivity index (χ4v) is 3.14. The minimum absolute atomic E-state index is 0.0556. The van der Waals surface area contributed by atoms with Crippen LogP contribution in [-0.4, -0.2) is 22.6 Å². The quantitative estimate of drug-likeness (QED) is 0.937. The predicted octanol–water partition coefficient (Wildman–Crippen LogP) is 2.55. The van der Waals surface area contributed by atoms with Crippen molar-refractivity contribution in [2.24, 2.45) is 5.92 Å². The highest BCUT2D eigenvalue weighted by molar-refractivity contribution is 9.10. The van der Waals surface area contributed by atoms with E-state index in [9.17, 15) is 4.79 Å². The van der Waals surface area contributed by atoms with Crippen LogP contribution in [0.4, 0.5) is 0 Å². The number of rotatable bonds is 3. The molecule has 0 radical (unpaired) electrons. The first-order valence-electron chi connectivity index (χ1n) is 7.09. The van der Waals surface area contributed by atoms with E-state index in [-0.39, 0.29) is 5.56 Å². The van der Waals surface area contributed by atoms with Gasteiger partial charge in [-0.2, -0.15) is 0 Å². The summed E-state index contributed by atoms with van der Waals surface area (Å²) >= 11 is 3.41. The van der Waals surface area contributed by atoms with E-state index < -0.39 is 0 Å². The van der Waals surface area contributed by atoms with E-state index in [1.165, 1.54) is 12.8 Å². The molecular weight excluding hydrogens is 318 g/mol. The van der Waals surface area contributed by atoms with Crippen LogP contribution in [0.3, 0.4) is 0 Å². The van der Waals surface area contributed by atoms with Crippen molar-refractivity contribution < 1.29 is 0 Å². The summed E-state index contributed by atoms with van der Waals surface area (Å²) in [6.07, 6.45) is 5.21. The predicted molar refractivity (Wildman–Crippen MR) is 83.9 cm³/mol. The number of hydrogen-bond acceptors (Lipinski definition) is 3. The van der Waals surface area contributed by atoms with Crippen molar-refractivity contribution in [3.63, 3.8) is 0 Å². The Labute approximate surface area is 126 Å². The fraction of sp³-hybridized carbons (Fsp3) is 0.467. The Morgan fingerprint density at radius 2 is 2.35 bits per heavy atom. The van der Waals surface area contributed by atoms with E-state index in [4.69, 9.17) is 0 Å². The molecule has 1 aliphatic rings. The molecule has 3 rings (SSSR count). The summed E-state index contributed by atoms with van der Waals surface area (Å²) in [5, 5.41) is 4.10. The molecule has 5 heteroatoms. The van der Waals surface area contributed by atoms with Crippen LogP contribution in [0.1, 0.15) is 19.3 Å². The normalized spacial score (nSPS) is 19.4. The second-order valence-corrected chi connectivity index (χ2v) is 6.32. The molecule has 1 N–H and O–H groups in total. The Kier molecular flexibility index (Phi) is 4.17. The second kappa shape index (κ2) is 6.06. The first-order chi connectivity index (χ1) is 9.74. The average Bonchev–Trinajstić information content (AvgIpc) is 2.48. The fourth-order valence-electron chi connectivity index (χ4n) is 2.78. The summed E-state index contributed by atoms with van der Waals surface area (Å²) in [7, 11) is 0. The van der Waals surface area contributed by atoms with Gasteiger partial charge in [-0.15, -0.1) is 0 Å². The maximum Gasteiger partial charge on any atom is 0.261 e. The molecular formula is C15H18BrN3O. The second-order valence-electron chi connectivity index (χ2n) is 5.41. The summed E-state index contributed by atoms with van der Waals surface area (Å²) in [6, 6.07) is 5.63. The van der Waals surface area contributed by atoms with Crippen LogP contribution in [0.25, 0.3) is 10.9 Å². The number of benzene rings is 1. The van der Waals surface area contributed by atoms with Gasteiger partial charge in [0.05, 0.1) is 17.2 Å². The Morgan fingerprint density at radius 3 is 3.15 bits per heavy atom. The van der Waals surface area contributed by atoms with Crippen LogP contribution in [0, 0.1) is 5.92 Å². The highest BCUT2D eigenvalue weighted by Crippen LogP contribution is 2.16. The molecule has 2 aromatic rings. The van der Waals surface area contributed by atoms with E-state index >= 15 is 0 Å². The third-order valence-electron chi connectivity index (χ3n) is 3.96. The van der Waals surface area contributed by atoms with Crippen molar-refractivity contribution in [1.82, 2.24) is 14.9 Å². The molecule has 0 saturated carbocycles. The lowest BCUT2D eigenvalue weighted by molar-refractivity contribution is 0.340. The molecule has 1 saturated heterocycles.